The lowest BCUT2D eigenvalue weighted by Gasteiger charge is -2.24. The molecule has 0 bridgehead atoms. The lowest BCUT2D eigenvalue weighted by molar-refractivity contribution is 0.0476. The van der Waals surface area contributed by atoms with Crippen LogP contribution < -0.4 is 5.32 Å². The van der Waals surface area contributed by atoms with Crippen LogP contribution in [0.15, 0.2) is 6.07 Å². The molecule has 0 fully saturated rings. The molecule has 1 N–H and O–H groups in total. The first-order valence-corrected chi connectivity index (χ1v) is 6.99. The second-order valence-corrected chi connectivity index (χ2v) is 4.63. The largest absolute Gasteiger partial charge is 0.377 e. The molecule has 1 rings (SSSR count). The summed E-state index contributed by atoms with van der Waals surface area (Å²) in [5.74, 6) is 0. The molecule has 0 saturated heterocycles. The van der Waals surface area contributed by atoms with Crippen molar-refractivity contribution in [3.8, 4) is 0 Å². The zero-order valence-corrected chi connectivity index (χ0v) is 12.4. The molecule has 0 radical (unpaired) electrons. The van der Waals surface area contributed by atoms with Gasteiger partial charge in [0.2, 0.25) is 0 Å². The van der Waals surface area contributed by atoms with Crippen molar-refractivity contribution in [2.45, 2.75) is 52.7 Å². The lowest BCUT2D eigenvalue weighted by Crippen LogP contribution is -2.41. The van der Waals surface area contributed by atoms with Gasteiger partial charge in [-0.05, 0) is 32.9 Å². The van der Waals surface area contributed by atoms with E-state index < -0.39 is 0 Å². The third-order valence-electron chi connectivity index (χ3n) is 3.28. The quantitative estimate of drug-likeness (QED) is 0.769. The molecule has 0 amide bonds. The fraction of sp³-hybridized carbons (Fsp3) is 0.786. The smallest absolute Gasteiger partial charge is 0.0703 e. The summed E-state index contributed by atoms with van der Waals surface area (Å²) in [7, 11) is 2.02. The molecule has 0 aliphatic carbocycles. The van der Waals surface area contributed by atoms with Gasteiger partial charge in [0.1, 0.15) is 0 Å². The molecule has 1 heterocycles. The number of hydrogen-bond donors (Lipinski definition) is 1. The van der Waals surface area contributed by atoms with Gasteiger partial charge in [0.05, 0.1) is 11.8 Å². The van der Waals surface area contributed by atoms with E-state index in [0.29, 0.717) is 6.04 Å². The molecule has 104 valence electrons. The number of aromatic nitrogens is 2. The van der Waals surface area contributed by atoms with E-state index in [0.717, 1.165) is 31.7 Å². The van der Waals surface area contributed by atoms with Crippen LogP contribution in [0.1, 0.15) is 39.1 Å². The Hall–Kier alpha value is -0.870. The summed E-state index contributed by atoms with van der Waals surface area (Å²) >= 11 is 0. The molecule has 1 aromatic heterocycles. The van der Waals surface area contributed by atoms with E-state index in [1.807, 2.05) is 18.7 Å². The van der Waals surface area contributed by atoms with Crippen molar-refractivity contribution in [3.05, 3.63) is 17.5 Å². The standard InChI is InChI=1S/C14H27N3O/c1-6-12-9-13(17(5)16-12)10-14(15-7-2)11(4)18-8-3/h9,11,14-15H,6-8,10H2,1-5H3. The van der Waals surface area contributed by atoms with Crippen LogP contribution in [-0.4, -0.2) is 35.1 Å². The summed E-state index contributed by atoms with van der Waals surface area (Å²) < 4.78 is 7.70. The highest BCUT2D eigenvalue weighted by atomic mass is 16.5. The van der Waals surface area contributed by atoms with Crippen LogP contribution in [0.3, 0.4) is 0 Å². The van der Waals surface area contributed by atoms with Crippen molar-refractivity contribution in [1.29, 1.82) is 0 Å². The predicted octanol–water partition coefficient (Wildman–Crippen LogP) is 1.93. The minimum absolute atomic E-state index is 0.218. The number of nitrogens with one attached hydrogen (secondary N) is 1. The van der Waals surface area contributed by atoms with Gasteiger partial charge in [0, 0.05) is 31.8 Å². The van der Waals surface area contributed by atoms with E-state index in [1.165, 1.54) is 5.69 Å². The Morgan fingerprint density at radius 1 is 1.39 bits per heavy atom. The van der Waals surface area contributed by atoms with Gasteiger partial charge in [0.15, 0.2) is 0 Å². The van der Waals surface area contributed by atoms with E-state index in [1.54, 1.807) is 0 Å². The van der Waals surface area contributed by atoms with Crippen molar-refractivity contribution in [2.24, 2.45) is 7.05 Å². The number of ether oxygens (including phenoxy) is 1. The highest BCUT2D eigenvalue weighted by molar-refractivity contribution is 5.12. The summed E-state index contributed by atoms with van der Waals surface area (Å²) in [6.07, 6.45) is 2.16. The van der Waals surface area contributed by atoms with Crippen molar-refractivity contribution in [2.75, 3.05) is 13.2 Å². The molecule has 1 aromatic rings. The van der Waals surface area contributed by atoms with E-state index >= 15 is 0 Å². The molecular formula is C14H27N3O. The van der Waals surface area contributed by atoms with E-state index in [9.17, 15) is 0 Å². The lowest BCUT2D eigenvalue weighted by atomic mass is 10.1. The zero-order chi connectivity index (χ0) is 13.5. The van der Waals surface area contributed by atoms with E-state index in [2.05, 4.69) is 37.3 Å². The van der Waals surface area contributed by atoms with Crippen LogP contribution in [0, 0.1) is 0 Å². The SMILES string of the molecule is CCNC(Cc1cc(CC)nn1C)C(C)OCC. The summed E-state index contributed by atoms with van der Waals surface area (Å²) in [5.41, 5.74) is 2.43. The van der Waals surface area contributed by atoms with Crippen molar-refractivity contribution in [1.82, 2.24) is 15.1 Å². The average Bonchev–Trinajstić information content (AvgIpc) is 2.70. The van der Waals surface area contributed by atoms with Crippen molar-refractivity contribution < 1.29 is 4.74 Å². The average molecular weight is 253 g/mol. The second-order valence-electron chi connectivity index (χ2n) is 4.63. The van der Waals surface area contributed by atoms with Crippen LogP contribution in [0.4, 0.5) is 0 Å². The Labute approximate surface area is 111 Å². The van der Waals surface area contributed by atoms with Crippen LogP contribution in [-0.2, 0) is 24.6 Å². The fourth-order valence-corrected chi connectivity index (χ4v) is 2.21. The molecule has 4 heteroatoms. The first-order chi connectivity index (χ1) is 8.62. The highest BCUT2D eigenvalue weighted by Crippen LogP contribution is 2.10. The van der Waals surface area contributed by atoms with Crippen LogP contribution in [0.5, 0.6) is 0 Å². The molecule has 2 atom stereocenters. The number of nitrogens with zero attached hydrogens (tertiary/aromatic N) is 2. The summed E-state index contributed by atoms with van der Waals surface area (Å²) in [6, 6.07) is 2.54. The number of likely N-dealkylation sites (N-methyl/N-ethyl adjacent to an activating group) is 1. The summed E-state index contributed by atoms with van der Waals surface area (Å²) in [6.45, 7) is 10.2. The van der Waals surface area contributed by atoms with Crippen molar-refractivity contribution >= 4 is 0 Å². The Balaban J connectivity index is 2.72. The van der Waals surface area contributed by atoms with Gasteiger partial charge in [0.25, 0.3) is 0 Å². The Bertz CT molecular complexity index is 349. The maximum atomic E-state index is 5.71. The van der Waals surface area contributed by atoms with Gasteiger partial charge < -0.3 is 10.1 Å². The molecule has 4 nitrogen and oxygen atoms in total. The first-order valence-electron chi connectivity index (χ1n) is 6.99. The topological polar surface area (TPSA) is 39.1 Å². The monoisotopic (exact) mass is 253 g/mol. The van der Waals surface area contributed by atoms with Gasteiger partial charge in [-0.15, -0.1) is 0 Å². The van der Waals surface area contributed by atoms with Gasteiger partial charge >= 0.3 is 0 Å². The molecule has 18 heavy (non-hydrogen) atoms. The zero-order valence-electron chi connectivity index (χ0n) is 12.4. The molecule has 0 aromatic carbocycles. The normalized spacial score (nSPS) is 14.7. The molecular weight excluding hydrogens is 226 g/mol. The summed E-state index contributed by atoms with van der Waals surface area (Å²) in [4.78, 5) is 0. The van der Waals surface area contributed by atoms with Crippen LogP contribution in [0.2, 0.25) is 0 Å². The Morgan fingerprint density at radius 3 is 2.61 bits per heavy atom. The van der Waals surface area contributed by atoms with E-state index in [-0.39, 0.29) is 6.10 Å². The van der Waals surface area contributed by atoms with Gasteiger partial charge in [-0.25, -0.2) is 0 Å². The highest BCUT2D eigenvalue weighted by Gasteiger charge is 2.19. The summed E-state index contributed by atoms with van der Waals surface area (Å²) in [5, 5.41) is 8.00. The van der Waals surface area contributed by atoms with E-state index in [4.69, 9.17) is 4.74 Å². The number of aryl methyl sites for hydroxylation is 2. The van der Waals surface area contributed by atoms with Crippen LogP contribution in [0.25, 0.3) is 0 Å². The molecule has 0 aliphatic rings. The molecule has 0 aliphatic heterocycles. The third-order valence-corrected chi connectivity index (χ3v) is 3.28. The Kier molecular flexibility index (Phi) is 6.36. The first kappa shape index (κ1) is 15.2. The predicted molar refractivity (Wildman–Crippen MR) is 74.8 cm³/mol. The van der Waals surface area contributed by atoms with Gasteiger partial charge in [-0.2, -0.15) is 5.10 Å². The third kappa shape index (κ3) is 4.10. The maximum absolute atomic E-state index is 5.71. The number of hydrogen-bond acceptors (Lipinski definition) is 3. The molecule has 2 unspecified atom stereocenters. The number of rotatable bonds is 8. The van der Waals surface area contributed by atoms with Crippen molar-refractivity contribution in [3.63, 3.8) is 0 Å². The Morgan fingerprint density at radius 2 is 2.11 bits per heavy atom. The van der Waals surface area contributed by atoms with Gasteiger partial charge in [-0.3, -0.25) is 4.68 Å². The minimum Gasteiger partial charge on any atom is -0.377 e. The van der Waals surface area contributed by atoms with Crippen LogP contribution >= 0.6 is 0 Å². The fourth-order valence-electron chi connectivity index (χ4n) is 2.21. The molecule has 0 saturated carbocycles. The second kappa shape index (κ2) is 7.54. The minimum atomic E-state index is 0.218. The molecule has 0 spiro atoms. The van der Waals surface area contributed by atoms with Gasteiger partial charge in [-0.1, -0.05) is 13.8 Å². The maximum Gasteiger partial charge on any atom is 0.0703 e.